The number of nitrogens with one attached hydrogen (secondary N) is 2. The maximum atomic E-state index is 13.5. The molecule has 2 N–H and O–H groups in total. The van der Waals surface area contributed by atoms with Gasteiger partial charge in [0.1, 0.15) is 18.6 Å². The van der Waals surface area contributed by atoms with E-state index >= 15 is 0 Å². The smallest absolute Gasteiger partial charge is 0.351 e. The Balaban J connectivity index is 1.60. The van der Waals surface area contributed by atoms with Gasteiger partial charge in [0.05, 0.1) is 31.4 Å². The van der Waals surface area contributed by atoms with Gasteiger partial charge in [0.15, 0.2) is 5.82 Å². The molecular formula is C36H43N6O7P. The molecule has 1 fully saturated rings. The zero-order valence-corrected chi connectivity index (χ0v) is 29.7. The number of methoxy groups -OCH3 is 1. The third-order valence-corrected chi connectivity index (χ3v) is 9.66. The summed E-state index contributed by atoms with van der Waals surface area (Å²) in [7, 11) is -0.0789. The molecule has 1 saturated heterocycles. The normalized spacial score (nSPS) is 17.8. The molecule has 2 heterocycles. The maximum Gasteiger partial charge on any atom is 0.351 e. The topological polar surface area (TPSA) is 138 Å². The highest BCUT2D eigenvalue weighted by molar-refractivity contribution is 7.44. The Morgan fingerprint density at radius 3 is 2.48 bits per heavy atom. The molecule has 50 heavy (non-hydrogen) atoms. The van der Waals surface area contributed by atoms with Crippen LogP contribution >= 0.6 is 8.53 Å². The number of anilines is 1. The van der Waals surface area contributed by atoms with Gasteiger partial charge >= 0.3 is 5.69 Å². The monoisotopic (exact) mass is 703 g/mol. The number of carbonyl (C=O) groups excluding carboxylic acids is 2. The largest absolute Gasteiger partial charge is 0.497 e. The summed E-state index contributed by atoms with van der Waals surface area (Å²) in [6.45, 7) is 15.5. The summed E-state index contributed by atoms with van der Waals surface area (Å²) in [5.41, 5.74) is 0.294. The number of benzene rings is 2. The van der Waals surface area contributed by atoms with Gasteiger partial charge in [0, 0.05) is 37.2 Å². The number of hydrogen-bond acceptors (Lipinski definition) is 9. The van der Waals surface area contributed by atoms with Crippen LogP contribution in [0.1, 0.15) is 74.9 Å². The summed E-state index contributed by atoms with van der Waals surface area (Å²) in [5, 5.41) is 5.42. The highest BCUT2D eigenvalue weighted by atomic mass is 31.2. The molecule has 14 heteroatoms. The van der Waals surface area contributed by atoms with E-state index in [1.54, 1.807) is 61.7 Å². The molecule has 3 aromatic rings. The molecule has 2 amide bonds. The Morgan fingerprint density at radius 1 is 1.14 bits per heavy atom. The predicted octanol–water partition coefficient (Wildman–Crippen LogP) is 5.26. The molecule has 0 spiro atoms. The number of ether oxygens (including phenoxy) is 2. The Bertz CT molecular complexity index is 1780. The number of carbonyl (C=O) groups is 2. The molecule has 0 radical (unpaired) electrons. The van der Waals surface area contributed by atoms with Gasteiger partial charge in [-0.15, -0.1) is 0 Å². The lowest BCUT2D eigenvalue weighted by atomic mass is 10.2. The summed E-state index contributed by atoms with van der Waals surface area (Å²) in [6, 6.07) is 15.2. The van der Waals surface area contributed by atoms with Gasteiger partial charge in [0.2, 0.25) is 6.54 Å². The molecule has 1 aliphatic rings. The van der Waals surface area contributed by atoms with Crippen LogP contribution in [0.2, 0.25) is 0 Å². The van der Waals surface area contributed by atoms with Crippen molar-refractivity contribution in [2.75, 3.05) is 32.1 Å². The Morgan fingerprint density at radius 2 is 1.84 bits per heavy atom. The summed E-state index contributed by atoms with van der Waals surface area (Å²) in [5.74, 6) is 5.55. The van der Waals surface area contributed by atoms with Crippen LogP contribution in [0.3, 0.4) is 0 Å². The van der Waals surface area contributed by atoms with Gasteiger partial charge in [-0.05, 0) is 71.0 Å². The number of amides is 2. The first-order valence-electron chi connectivity index (χ1n) is 16.8. The van der Waals surface area contributed by atoms with Crippen molar-refractivity contribution in [1.29, 1.82) is 0 Å². The number of hydrogen-bond donors (Lipinski definition) is 2. The van der Waals surface area contributed by atoms with Crippen molar-refractivity contribution < 1.29 is 29.5 Å². The minimum atomic E-state index is -1.62. The zero-order chi connectivity index (χ0) is 36.9. The average Bonchev–Trinajstić information content (AvgIpc) is 3.53. The summed E-state index contributed by atoms with van der Waals surface area (Å²) < 4.78 is 35.4. The van der Waals surface area contributed by atoms with Crippen molar-refractivity contribution in [3.05, 3.63) is 99.4 Å². The third-order valence-electron chi connectivity index (χ3n) is 7.50. The van der Waals surface area contributed by atoms with Crippen LogP contribution < -0.4 is 21.1 Å². The summed E-state index contributed by atoms with van der Waals surface area (Å²) in [4.78, 5) is 46.7. The second-order valence-corrected chi connectivity index (χ2v) is 13.2. The van der Waals surface area contributed by atoms with E-state index in [0.717, 1.165) is 0 Å². The third kappa shape index (κ3) is 10.2. The predicted molar refractivity (Wildman–Crippen MR) is 191 cm³/mol. The molecule has 264 valence electrons. The molecule has 0 saturated carbocycles. The molecule has 13 nitrogen and oxygen atoms in total. The second-order valence-electron chi connectivity index (χ2n) is 11.8. The lowest BCUT2D eigenvalue weighted by molar-refractivity contribution is -0.00864. The van der Waals surface area contributed by atoms with Crippen LogP contribution in [0.5, 0.6) is 5.75 Å². The number of rotatable bonds is 14. The van der Waals surface area contributed by atoms with Crippen LogP contribution in [-0.2, 0) is 13.8 Å². The lowest BCUT2D eigenvalue weighted by Crippen LogP contribution is -2.35. The van der Waals surface area contributed by atoms with Gasteiger partial charge in [-0.2, -0.15) is 4.98 Å². The molecule has 1 aromatic heterocycles. The Kier molecular flexibility index (Phi) is 13.5. The average molecular weight is 704 g/mol. The first kappa shape index (κ1) is 36.7. The van der Waals surface area contributed by atoms with Crippen molar-refractivity contribution >= 4 is 26.2 Å². The second kappa shape index (κ2) is 18.4. The zero-order valence-electron chi connectivity index (χ0n) is 29.8. The molecule has 4 rings (SSSR count). The molecule has 2 aromatic carbocycles. The molecule has 0 bridgehead atoms. The molecule has 4 unspecified atom stereocenters. The number of aromatic nitrogens is 2. The first-order valence-corrected chi connectivity index (χ1v) is 17.3. The van der Waals surface area contributed by atoms with Gasteiger partial charge < -0.3 is 34.0 Å². The van der Waals surface area contributed by atoms with Crippen LogP contribution in [0.4, 0.5) is 5.82 Å². The fourth-order valence-electron chi connectivity index (χ4n) is 5.13. The van der Waals surface area contributed by atoms with E-state index in [1.165, 1.54) is 10.8 Å². The van der Waals surface area contributed by atoms with Crippen molar-refractivity contribution in [3.63, 3.8) is 0 Å². The van der Waals surface area contributed by atoms with Gasteiger partial charge in [-0.25, -0.2) is 16.0 Å². The molecular weight excluding hydrogens is 659 g/mol. The lowest BCUT2D eigenvalue weighted by Gasteiger charge is -2.36. The first-order chi connectivity index (χ1) is 24.6. The Labute approximate surface area is 295 Å². The van der Waals surface area contributed by atoms with Gasteiger partial charge in [0.25, 0.3) is 20.3 Å². The van der Waals surface area contributed by atoms with Crippen molar-refractivity contribution in [1.82, 2.24) is 19.5 Å². The highest BCUT2D eigenvalue weighted by Crippen LogP contribution is 2.49. The van der Waals surface area contributed by atoms with E-state index in [-0.39, 0.29) is 62.4 Å². The van der Waals surface area contributed by atoms with E-state index in [4.69, 9.17) is 26.5 Å². The van der Waals surface area contributed by atoms with Gasteiger partial charge in [-0.3, -0.25) is 14.2 Å². The quantitative estimate of drug-likeness (QED) is 0.0997. The van der Waals surface area contributed by atoms with Crippen molar-refractivity contribution in [3.8, 4) is 17.6 Å². The van der Waals surface area contributed by atoms with E-state index in [2.05, 4.69) is 37.0 Å². The van der Waals surface area contributed by atoms with Gasteiger partial charge in [-0.1, -0.05) is 30.0 Å². The Hall–Kier alpha value is -4.62. The molecule has 1 aliphatic heterocycles. The van der Waals surface area contributed by atoms with Crippen LogP contribution in [0.15, 0.2) is 65.6 Å². The van der Waals surface area contributed by atoms with Crippen molar-refractivity contribution in [2.24, 2.45) is 0 Å². The maximum absolute atomic E-state index is 13.5. The van der Waals surface area contributed by atoms with Crippen molar-refractivity contribution in [2.45, 2.75) is 71.5 Å². The summed E-state index contributed by atoms with van der Waals surface area (Å²) >= 11 is 0. The number of nitrogens with zero attached hydrogens (tertiary/aromatic N) is 4. The summed E-state index contributed by atoms with van der Waals surface area (Å²) in [6.07, 6.45) is -0.477. The minimum Gasteiger partial charge on any atom is -0.497 e. The fraction of sp³-hybridized carbons (Fsp3) is 0.417. The molecule has 4 atom stereocenters. The van der Waals surface area contributed by atoms with E-state index in [0.29, 0.717) is 16.9 Å². The van der Waals surface area contributed by atoms with Crippen LogP contribution in [0.25, 0.3) is 4.85 Å². The highest BCUT2D eigenvalue weighted by Gasteiger charge is 2.39. The van der Waals surface area contributed by atoms with E-state index < -0.39 is 38.6 Å². The minimum absolute atomic E-state index is 0.0356. The van der Waals surface area contributed by atoms with Crippen LogP contribution in [-0.4, -0.2) is 77.1 Å². The fourth-order valence-corrected chi connectivity index (χ4v) is 6.88. The van der Waals surface area contributed by atoms with E-state index in [9.17, 15) is 14.4 Å². The standard InChI is InChI=1S/C36H43N6O7P/c1-24(2)42(25(3)4)50(47-21-20-37-6)49-31-22-32(48-26(31)5)41-23-29(14-11-19-38-34(43)28-15-17-30(46-7)18-16-28)33(40-36(41)45)39-35(44)27-12-9-8-10-13-27/h8-10,12-13,15-18,23-26,31-32H,19-22H2,1-5,7H3,(H,38,43)(H,39,40,44,45)/i5D. The van der Waals surface area contributed by atoms with E-state index in [1.807, 2.05) is 27.7 Å². The molecule has 0 aliphatic carbocycles. The SMILES string of the molecule is [2H]CC1OC(n2cc(C#CCNC(=O)c3ccc(OC)cc3)c(NC(=O)c3ccccc3)nc2=O)CC1OP(OCC[N+]#[C-])N(C(C)C)C(C)C. The van der Waals surface area contributed by atoms with Crippen LogP contribution in [0, 0.1) is 18.4 Å².